The lowest BCUT2D eigenvalue weighted by atomic mass is 10.0. The van der Waals surface area contributed by atoms with Gasteiger partial charge in [-0.1, -0.05) is 13.8 Å². The van der Waals surface area contributed by atoms with Gasteiger partial charge in [0.05, 0.1) is 5.69 Å². The van der Waals surface area contributed by atoms with Gasteiger partial charge in [-0.2, -0.15) is 5.10 Å². The SMILES string of the molecule is Cc1cc2c(NCC(N)CC(C)C)nccn2n1. The van der Waals surface area contributed by atoms with Crippen LogP contribution in [0.1, 0.15) is 26.0 Å². The zero-order valence-electron chi connectivity index (χ0n) is 11.2. The highest BCUT2D eigenvalue weighted by Crippen LogP contribution is 2.14. The van der Waals surface area contributed by atoms with Gasteiger partial charge in [-0.25, -0.2) is 9.50 Å². The van der Waals surface area contributed by atoms with Crippen molar-refractivity contribution < 1.29 is 0 Å². The third-order valence-electron chi connectivity index (χ3n) is 2.82. The normalized spacial score (nSPS) is 13.2. The molecule has 98 valence electrons. The molecule has 2 aromatic heterocycles. The minimum atomic E-state index is 0.149. The van der Waals surface area contributed by atoms with Crippen molar-refractivity contribution in [2.75, 3.05) is 11.9 Å². The number of hydrogen-bond acceptors (Lipinski definition) is 4. The van der Waals surface area contributed by atoms with Gasteiger partial charge >= 0.3 is 0 Å². The predicted octanol–water partition coefficient (Wildman–Crippen LogP) is 1.82. The number of aryl methyl sites for hydroxylation is 1. The number of nitrogens with one attached hydrogen (secondary N) is 1. The van der Waals surface area contributed by atoms with E-state index in [1.54, 1.807) is 6.20 Å². The van der Waals surface area contributed by atoms with Gasteiger partial charge in [-0.15, -0.1) is 0 Å². The zero-order valence-corrected chi connectivity index (χ0v) is 11.2. The van der Waals surface area contributed by atoms with E-state index in [2.05, 4.69) is 29.2 Å². The molecule has 2 aromatic rings. The molecule has 2 heterocycles. The number of nitrogens with zero attached hydrogens (tertiary/aromatic N) is 3. The summed E-state index contributed by atoms with van der Waals surface area (Å²) < 4.78 is 1.83. The number of nitrogens with two attached hydrogens (primary N) is 1. The van der Waals surface area contributed by atoms with E-state index in [9.17, 15) is 0 Å². The lowest BCUT2D eigenvalue weighted by Gasteiger charge is -2.15. The molecule has 5 heteroatoms. The lowest BCUT2D eigenvalue weighted by Crippen LogP contribution is -2.30. The fourth-order valence-electron chi connectivity index (χ4n) is 2.10. The van der Waals surface area contributed by atoms with Gasteiger partial charge in [0, 0.05) is 25.0 Å². The van der Waals surface area contributed by atoms with Crippen molar-refractivity contribution in [1.82, 2.24) is 14.6 Å². The number of rotatable bonds is 5. The Morgan fingerprint density at radius 2 is 2.22 bits per heavy atom. The average Bonchev–Trinajstić information content (AvgIpc) is 2.66. The first-order valence-electron chi connectivity index (χ1n) is 6.36. The van der Waals surface area contributed by atoms with Crippen LogP contribution < -0.4 is 11.1 Å². The van der Waals surface area contributed by atoms with Gasteiger partial charge in [0.15, 0.2) is 5.82 Å². The molecule has 0 bridgehead atoms. The molecule has 0 radical (unpaired) electrons. The van der Waals surface area contributed by atoms with E-state index in [1.807, 2.05) is 23.7 Å². The summed E-state index contributed by atoms with van der Waals surface area (Å²) in [6.07, 6.45) is 4.60. The molecule has 0 aliphatic carbocycles. The van der Waals surface area contributed by atoms with Crippen LogP contribution in [0.4, 0.5) is 5.82 Å². The van der Waals surface area contributed by atoms with Crippen molar-refractivity contribution in [3.8, 4) is 0 Å². The van der Waals surface area contributed by atoms with Crippen LogP contribution in [0.15, 0.2) is 18.5 Å². The molecular weight excluding hydrogens is 226 g/mol. The van der Waals surface area contributed by atoms with E-state index in [0.29, 0.717) is 5.92 Å². The average molecular weight is 247 g/mol. The highest BCUT2D eigenvalue weighted by Gasteiger charge is 2.08. The second-order valence-electron chi connectivity index (χ2n) is 5.16. The Hall–Kier alpha value is -1.62. The third kappa shape index (κ3) is 2.98. The third-order valence-corrected chi connectivity index (χ3v) is 2.82. The van der Waals surface area contributed by atoms with Gasteiger partial charge < -0.3 is 11.1 Å². The minimum Gasteiger partial charge on any atom is -0.367 e. The molecule has 1 atom stereocenters. The summed E-state index contributed by atoms with van der Waals surface area (Å²) in [5.74, 6) is 1.46. The zero-order chi connectivity index (χ0) is 13.1. The first-order chi connectivity index (χ1) is 8.56. The smallest absolute Gasteiger partial charge is 0.152 e. The molecule has 0 amide bonds. The molecule has 0 fully saturated rings. The molecule has 0 aromatic carbocycles. The molecule has 2 rings (SSSR count). The number of aromatic nitrogens is 3. The van der Waals surface area contributed by atoms with Gasteiger partial charge in [-0.05, 0) is 25.3 Å². The fourth-order valence-corrected chi connectivity index (χ4v) is 2.10. The largest absolute Gasteiger partial charge is 0.367 e. The summed E-state index contributed by atoms with van der Waals surface area (Å²) in [5.41, 5.74) is 8.04. The predicted molar refractivity (Wildman–Crippen MR) is 73.6 cm³/mol. The first-order valence-corrected chi connectivity index (χ1v) is 6.36. The Kier molecular flexibility index (Phi) is 3.81. The summed E-state index contributed by atoms with van der Waals surface area (Å²) in [5, 5.41) is 7.66. The van der Waals surface area contributed by atoms with Gasteiger partial charge in [0.2, 0.25) is 0 Å². The fraction of sp³-hybridized carbons (Fsp3) is 0.538. The van der Waals surface area contributed by atoms with Crippen LogP contribution in [0, 0.1) is 12.8 Å². The Morgan fingerprint density at radius 3 is 2.94 bits per heavy atom. The number of hydrogen-bond donors (Lipinski definition) is 2. The van der Waals surface area contributed by atoms with Crippen molar-refractivity contribution in [3.63, 3.8) is 0 Å². The summed E-state index contributed by atoms with van der Waals surface area (Å²) in [6, 6.07) is 2.17. The van der Waals surface area contributed by atoms with E-state index in [-0.39, 0.29) is 6.04 Å². The minimum absolute atomic E-state index is 0.149. The highest BCUT2D eigenvalue weighted by molar-refractivity contribution is 5.67. The van der Waals surface area contributed by atoms with Crippen LogP contribution >= 0.6 is 0 Å². The topological polar surface area (TPSA) is 68.2 Å². The van der Waals surface area contributed by atoms with E-state index >= 15 is 0 Å². The Morgan fingerprint density at radius 1 is 1.44 bits per heavy atom. The van der Waals surface area contributed by atoms with Crippen molar-refractivity contribution in [1.29, 1.82) is 0 Å². The van der Waals surface area contributed by atoms with Crippen LogP contribution in [0.5, 0.6) is 0 Å². The van der Waals surface area contributed by atoms with Crippen LogP contribution in [-0.4, -0.2) is 27.2 Å². The van der Waals surface area contributed by atoms with E-state index in [4.69, 9.17) is 5.73 Å². The van der Waals surface area contributed by atoms with Crippen LogP contribution in [0.3, 0.4) is 0 Å². The van der Waals surface area contributed by atoms with Crippen LogP contribution in [-0.2, 0) is 0 Å². The molecule has 0 aliphatic heterocycles. The first kappa shape index (κ1) is 12.8. The molecule has 0 saturated carbocycles. The van der Waals surface area contributed by atoms with Crippen LogP contribution in [0.2, 0.25) is 0 Å². The van der Waals surface area contributed by atoms with E-state index in [1.165, 1.54) is 0 Å². The van der Waals surface area contributed by atoms with Gasteiger partial charge in [0.25, 0.3) is 0 Å². The van der Waals surface area contributed by atoms with Crippen molar-refractivity contribution >= 4 is 11.3 Å². The quantitative estimate of drug-likeness (QED) is 0.845. The van der Waals surface area contributed by atoms with Crippen molar-refractivity contribution in [2.24, 2.45) is 11.7 Å². The molecule has 0 saturated heterocycles. The molecule has 3 N–H and O–H groups in total. The second kappa shape index (κ2) is 5.35. The van der Waals surface area contributed by atoms with Crippen molar-refractivity contribution in [2.45, 2.75) is 33.2 Å². The summed E-state index contributed by atoms with van der Waals surface area (Å²) in [4.78, 5) is 4.34. The summed E-state index contributed by atoms with van der Waals surface area (Å²) in [6.45, 7) is 7.06. The molecule has 0 spiro atoms. The standard InChI is InChI=1S/C13H21N5/c1-9(2)6-11(14)8-16-13-12-7-10(3)17-18(12)5-4-15-13/h4-5,7,9,11H,6,8,14H2,1-3H3,(H,15,16). The molecule has 0 aliphatic rings. The highest BCUT2D eigenvalue weighted by atomic mass is 15.2. The van der Waals surface area contributed by atoms with Crippen LogP contribution in [0.25, 0.3) is 5.52 Å². The van der Waals surface area contributed by atoms with Gasteiger partial charge in [0.1, 0.15) is 5.52 Å². The monoisotopic (exact) mass is 247 g/mol. The molecule has 1 unspecified atom stereocenters. The Balaban J connectivity index is 2.07. The summed E-state index contributed by atoms with van der Waals surface area (Å²) >= 11 is 0. The van der Waals surface area contributed by atoms with E-state index in [0.717, 1.165) is 30.0 Å². The maximum Gasteiger partial charge on any atom is 0.152 e. The molecule has 5 nitrogen and oxygen atoms in total. The molecular formula is C13H21N5. The van der Waals surface area contributed by atoms with Gasteiger partial charge in [-0.3, -0.25) is 0 Å². The molecule has 18 heavy (non-hydrogen) atoms. The Bertz CT molecular complexity index is 517. The second-order valence-corrected chi connectivity index (χ2v) is 5.16. The maximum absolute atomic E-state index is 6.06. The summed E-state index contributed by atoms with van der Waals surface area (Å²) in [7, 11) is 0. The Labute approximate surface area is 107 Å². The van der Waals surface area contributed by atoms with Crippen molar-refractivity contribution in [3.05, 3.63) is 24.2 Å². The van der Waals surface area contributed by atoms with E-state index < -0.39 is 0 Å². The number of fused-ring (bicyclic) bond motifs is 1. The lowest BCUT2D eigenvalue weighted by molar-refractivity contribution is 0.508. The number of anilines is 1. The maximum atomic E-state index is 6.06.